The molecular formula is C11H14N4O4. The number of carbonyl (C=O) groups excluding carboxylic acids is 2. The zero-order chi connectivity index (χ0) is 14.4. The van der Waals surface area contributed by atoms with E-state index in [1.165, 1.54) is 32.3 Å². The molecule has 1 aromatic rings. The van der Waals surface area contributed by atoms with Gasteiger partial charge in [-0.2, -0.15) is 0 Å². The molecule has 102 valence electrons. The molecule has 0 aromatic heterocycles. The van der Waals surface area contributed by atoms with Crippen LogP contribution in [-0.4, -0.2) is 37.4 Å². The van der Waals surface area contributed by atoms with E-state index in [0.29, 0.717) is 0 Å². The van der Waals surface area contributed by atoms with E-state index in [1.807, 2.05) is 0 Å². The highest BCUT2D eigenvalue weighted by Gasteiger charge is 2.20. The Bertz CT molecular complexity index is 515. The minimum Gasteiger partial charge on any atom is -0.382 e. The van der Waals surface area contributed by atoms with Gasteiger partial charge in [0.25, 0.3) is 11.6 Å². The number of nitrogens with one attached hydrogen (secondary N) is 3. The average molecular weight is 266 g/mol. The van der Waals surface area contributed by atoms with Gasteiger partial charge in [0.1, 0.15) is 5.69 Å². The van der Waals surface area contributed by atoms with E-state index in [-0.39, 0.29) is 29.4 Å². The minimum atomic E-state index is -0.582. The minimum absolute atomic E-state index is 0.112. The largest absolute Gasteiger partial charge is 0.382 e. The fourth-order valence-corrected chi connectivity index (χ4v) is 1.49. The highest BCUT2D eigenvalue weighted by Crippen LogP contribution is 2.27. The number of anilines is 1. The van der Waals surface area contributed by atoms with E-state index >= 15 is 0 Å². The predicted molar refractivity (Wildman–Crippen MR) is 69.0 cm³/mol. The van der Waals surface area contributed by atoms with E-state index in [2.05, 4.69) is 16.0 Å². The molecule has 2 amide bonds. The lowest BCUT2D eigenvalue weighted by molar-refractivity contribution is -0.384. The number of nitrogens with zero attached hydrogens (tertiary/aromatic N) is 1. The molecule has 3 N–H and O–H groups in total. The van der Waals surface area contributed by atoms with Crippen molar-refractivity contribution in [3.05, 3.63) is 33.9 Å². The molecule has 0 saturated heterocycles. The van der Waals surface area contributed by atoms with Crippen LogP contribution in [0.5, 0.6) is 0 Å². The van der Waals surface area contributed by atoms with E-state index in [0.717, 1.165) is 0 Å². The third kappa shape index (κ3) is 3.41. The Balaban J connectivity index is 3.00. The third-order valence-corrected chi connectivity index (χ3v) is 2.42. The number of carbonyl (C=O) groups is 2. The van der Waals surface area contributed by atoms with Crippen LogP contribution < -0.4 is 16.0 Å². The molecule has 0 aliphatic carbocycles. The van der Waals surface area contributed by atoms with Crippen molar-refractivity contribution in [3.8, 4) is 0 Å². The second kappa shape index (κ2) is 6.34. The van der Waals surface area contributed by atoms with Crippen molar-refractivity contribution in [1.29, 1.82) is 0 Å². The maximum atomic E-state index is 11.9. The van der Waals surface area contributed by atoms with Crippen LogP contribution in [0.25, 0.3) is 0 Å². The van der Waals surface area contributed by atoms with Crippen molar-refractivity contribution in [1.82, 2.24) is 10.6 Å². The maximum absolute atomic E-state index is 11.9. The molecule has 0 unspecified atom stereocenters. The second-order valence-electron chi connectivity index (χ2n) is 3.56. The van der Waals surface area contributed by atoms with Crippen LogP contribution in [-0.2, 0) is 4.79 Å². The van der Waals surface area contributed by atoms with Gasteiger partial charge in [-0.1, -0.05) is 6.07 Å². The number of rotatable bonds is 5. The van der Waals surface area contributed by atoms with Gasteiger partial charge in [-0.15, -0.1) is 0 Å². The summed E-state index contributed by atoms with van der Waals surface area (Å²) in [7, 11) is 2.93. The van der Waals surface area contributed by atoms with Crippen molar-refractivity contribution in [2.75, 3.05) is 26.0 Å². The van der Waals surface area contributed by atoms with Crippen LogP contribution in [0.2, 0.25) is 0 Å². The first-order chi connectivity index (χ1) is 9.01. The van der Waals surface area contributed by atoms with Crippen LogP contribution >= 0.6 is 0 Å². The third-order valence-electron chi connectivity index (χ3n) is 2.42. The molecule has 19 heavy (non-hydrogen) atoms. The van der Waals surface area contributed by atoms with Crippen LogP contribution in [0.1, 0.15) is 10.4 Å². The lowest BCUT2D eigenvalue weighted by Gasteiger charge is -2.09. The van der Waals surface area contributed by atoms with Gasteiger partial charge in [-0.3, -0.25) is 19.7 Å². The molecule has 8 heteroatoms. The number of nitro benzene ring substituents is 1. The number of para-hydroxylation sites is 1. The van der Waals surface area contributed by atoms with Gasteiger partial charge >= 0.3 is 0 Å². The maximum Gasteiger partial charge on any atom is 0.293 e. The molecule has 8 nitrogen and oxygen atoms in total. The predicted octanol–water partition coefficient (Wildman–Crippen LogP) is 0.112. The summed E-state index contributed by atoms with van der Waals surface area (Å²) in [6.07, 6.45) is 0. The van der Waals surface area contributed by atoms with E-state index in [4.69, 9.17) is 0 Å². The Labute approximate surface area is 109 Å². The number of nitro groups is 1. The Morgan fingerprint density at radius 2 is 2.00 bits per heavy atom. The molecule has 0 heterocycles. The van der Waals surface area contributed by atoms with Gasteiger partial charge in [-0.05, 0) is 6.07 Å². The smallest absolute Gasteiger partial charge is 0.293 e. The Morgan fingerprint density at radius 3 is 2.53 bits per heavy atom. The van der Waals surface area contributed by atoms with Crippen molar-refractivity contribution >= 4 is 23.2 Å². The van der Waals surface area contributed by atoms with Crippen LogP contribution in [0, 0.1) is 10.1 Å². The Morgan fingerprint density at radius 1 is 1.32 bits per heavy atom. The highest BCUT2D eigenvalue weighted by atomic mass is 16.6. The summed E-state index contributed by atoms with van der Waals surface area (Å²) in [5.74, 6) is -0.915. The quantitative estimate of drug-likeness (QED) is 0.517. The van der Waals surface area contributed by atoms with Crippen LogP contribution in [0.3, 0.4) is 0 Å². The molecule has 0 aliphatic heterocycles. The van der Waals surface area contributed by atoms with Gasteiger partial charge in [0.05, 0.1) is 17.0 Å². The summed E-state index contributed by atoms with van der Waals surface area (Å²) < 4.78 is 0. The average Bonchev–Trinajstić information content (AvgIpc) is 2.43. The van der Waals surface area contributed by atoms with Crippen molar-refractivity contribution in [2.45, 2.75) is 0 Å². The summed E-state index contributed by atoms with van der Waals surface area (Å²) in [4.78, 5) is 33.1. The number of hydrogen-bond acceptors (Lipinski definition) is 5. The summed E-state index contributed by atoms with van der Waals surface area (Å²) >= 11 is 0. The number of amides is 2. The van der Waals surface area contributed by atoms with Crippen LogP contribution in [0.4, 0.5) is 11.4 Å². The first kappa shape index (κ1) is 14.4. The molecule has 1 aromatic carbocycles. The molecule has 0 spiro atoms. The molecular weight excluding hydrogens is 252 g/mol. The molecule has 0 atom stereocenters. The number of hydrogen-bond donors (Lipinski definition) is 3. The SMILES string of the molecule is CNC(=O)CNC(=O)c1cccc([N+](=O)[O-])c1NC. The molecule has 0 radical (unpaired) electrons. The lowest BCUT2D eigenvalue weighted by Crippen LogP contribution is -2.35. The van der Waals surface area contributed by atoms with Crippen molar-refractivity contribution in [2.24, 2.45) is 0 Å². The van der Waals surface area contributed by atoms with E-state index in [9.17, 15) is 19.7 Å². The first-order valence-corrected chi connectivity index (χ1v) is 5.45. The zero-order valence-corrected chi connectivity index (χ0v) is 10.5. The van der Waals surface area contributed by atoms with Crippen molar-refractivity contribution in [3.63, 3.8) is 0 Å². The summed E-state index contributed by atoms with van der Waals surface area (Å²) in [5, 5.41) is 18.2. The normalized spacial score (nSPS) is 9.58. The monoisotopic (exact) mass is 266 g/mol. The first-order valence-electron chi connectivity index (χ1n) is 5.45. The highest BCUT2D eigenvalue weighted by molar-refractivity contribution is 6.02. The molecule has 0 fully saturated rings. The summed E-state index contributed by atoms with van der Waals surface area (Å²) in [5.41, 5.74) is 0.0256. The van der Waals surface area contributed by atoms with Gasteiger partial charge < -0.3 is 16.0 Å². The summed E-state index contributed by atoms with van der Waals surface area (Å²) in [6, 6.07) is 4.15. The molecule has 1 rings (SSSR count). The Hall–Kier alpha value is -2.64. The molecule has 0 aliphatic rings. The van der Waals surface area contributed by atoms with Gasteiger partial charge in [-0.25, -0.2) is 0 Å². The molecule has 0 bridgehead atoms. The zero-order valence-electron chi connectivity index (χ0n) is 10.5. The van der Waals surface area contributed by atoms with Gasteiger partial charge in [0, 0.05) is 20.2 Å². The molecule has 0 saturated carbocycles. The fourth-order valence-electron chi connectivity index (χ4n) is 1.49. The topological polar surface area (TPSA) is 113 Å². The number of benzene rings is 1. The fraction of sp³-hybridized carbons (Fsp3) is 0.273. The van der Waals surface area contributed by atoms with Crippen LogP contribution in [0.15, 0.2) is 18.2 Å². The summed E-state index contributed by atoms with van der Waals surface area (Å²) in [6.45, 7) is -0.193. The number of likely N-dealkylation sites (N-methyl/N-ethyl adjacent to an activating group) is 1. The van der Waals surface area contributed by atoms with Gasteiger partial charge in [0.15, 0.2) is 0 Å². The Kier molecular flexibility index (Phi) is 4.81. The van der Waals surface area contributed by atoms with E-state index in [1.54, 1.807) is 0 Å². The standard InChI is InChI=1S/C11H14N4O4/c1-12-9(16)6-14-11(17)7-4-3-5-8(15(18)19)10(7)13-2/h3-5,13H,6H2,1-2H3,(H,12,16)(H,14,17). The van der Waals surface area contributed by atoms with Crippen molar-refractivity contribution < 1.29 is 14.5 Å². The lowest BCUT2D eigenvalue weighted by atomic mass is 10.1. The van der Waals surface area contributed by atoms with E-state index < -0.39 is 10.8 Å². The second-order valence-corrected chi connectivity index (χ2v) is 3.56. The van der Waals surface area contributed by atoms with Gasteiger partial charge in [0.2, 0.25) is 5.91 Å².